The lowest BCUT2D eigenvalue weighted by Gasteiger charge is -2.09. The van der Waals surface area contributed by atoms with Gasteiger partial charge in [0, 0.05) is 0 Å². The van der Waals surface area contributed by atoms with Gasteiger partial charge in [-0.25, -0.2) is 0 Å². The van der Waals surface area contributed by atoms with Gasteiger partial charge >= 0.3 is 0 Å². The van der Waals surface area contributed by atoms with Crippen LogP contribution < -0.4 is 9.47 Å². The van der Waals surface area contributed by atoms with E-state index in [0.717, 1.165) is 5.56 Å². The Labute approximate surface area is 158 Å². The fourth-order valence-electron chi connectivity index (χ4n) is 2.60. The first kappa shape index (κ1) is 18.3. The van der Waals surface area contributed by atoms with Crippen LogP contribution in [0.5, 0.6) is 17.2 Å². The van der Waals surface area contributed by atoms with Crippen LogP contribution in [0.2, 0.25) is 0 Å². The lowest BCUT2D eigenvalue weighted by molar-refractivity contribution is 0.104. The Balaban J connectivity index is 1.74. The normalized spacial score (nSPS) is 10.7. The molecular weight excluding hydrogens is 340 g/mol. The zero-order valence-corrected chi connectivity index (χ0v) is 15.0. The van der Waals surface area contributed by atoms with E-state index in [1.54, 1.807) is 42.5 Å². The maximum Gasteiger partial charge on any atom is 0.189 e. The summed E-state index contributed by atoms with van der Waals surface area (Å²) in [6.07, 6.45) is 3.11. The van der Waals surface area contributed by atoms with Crippen molar-refractivity contribution >= 4 is 11.9 Å². The zero-order valence-electron chi connectivity index (χ0n) is 15.0. The number of allylic oxidation sites excluding steroid dienone is 1. The molecule has 0 radical (unpaired) electrons. The van der Waals surface area contributed by atoms with Gasteiger partial charge in [-0.3, -0.25) is 4.79 Å². The van der Waals surface area contributed by atoms with E-state index in [-0.39, 0.29) is 11.5 Å². The van der Waals surface area contributed by atoms with E-state index in [1.165, 1.54) is 13.2 Å². The van der Waals surface area contributed by atoms with Gasteiger partial charge in [-0.2, -0.15) is 0 Å². The number of ether oxygens (including phenoxy) is 2. The molecule has 0 saturated heterocycles. The molecule has 0 bridgehead atoms. The quantitative estimate of drug-likeness (QED) is 0.482. The van der Waals surface area contributed by atoms with Crippen LogP contribution >= 0.6 is 0 Å². The number of rotatable bonds is 7. The molecule has 0 fully saturated rings. The number of hydrogen-bond donors (Lipinski definition) is 1. The predicted molar refractivity (Wildman–Crippen MR) is 105 cm³/mol. The van der Waals surface area contributed by atoms with Gasteiger partial charge in [-0.1, -0.05) is 54.6 Å². The Morgan fingerprint density at radius 1 is 0.963 bits per heavy atom. The Morgan fingerprint density at radius 2 is 1.70 bits per heavy atom. The highest BCUT2D eigenvalue weighted by atomic mass is 16.5. The van der Waals surface area contributed by atoms with Crippen molar-refractivity contribution < 1.29 is 19.4 Å². The number of carbonyl (C=O) groups is 1. The maximum atomic E-state index is 12.6. The molecular formula is C23H20O4. The van der Waals surface area contributed by atoms with Crippen molar-refractivity contribution in [2.75, 3.05) is 7.11 Å². The number of hydrogen-bond acceptors (Lipinski definition) is 4. The molecule has 4 heteroatoms. The van der Waals surface area contributed by atoms with Crippen molar-refractivity contribution in [3.05, 3.63) is 95.6 Å². The van der Waals surface area contributed by atoms with Gasteiger partial charge in [-0.15, -0.1) is 0 Å². The molecule has 0 spiro atoms. The Hall–Kier alpha value is -3.53. The molecule has 3 aromatic carbocycles. The van der Waals surface area contributed by atoms with Crippen LogP contribution in [0.15, 0.2) is 78.9 Å². The highest BCUT2D eigenvalue weighted by molar-refractivity contribution is 6.08. The average Bonchev–Trinajstić information content (AvgIpc) is 2.71. The predicted octanol–water partition coefficient (Wildman–Crippen LogP) is 4.88. The van der Waals surface area contributed by atoms with Gasteiger partial charge in [0.25, 0.3) is 0 Å². The number of methoxy groups -OCH3 is 1. The highest BCUT2D eigenvalue weighted by Gasteiger charge is 2.10. The summed E-state index contributed by atoms with van der Waals surface area (Å²) < 4.78 is 10.9. The van der Waals surface area contributed by atoms with E-state index in [0.29, 0.717) is 29.2 Å². The second-order valence-electron chi connectivity index (χ2n) is 5.90. The van der Waals surface area contributed by atoms with Gasteiger partial charge < -0.3 is 14.6 Å². The van der Waals surface area contributed by atoms with Crippen molar-refractivity contribution in [1.82, 2.24) is 0 Å². The minimum Gasteiger partial charge on any atom is -0.504 e. The van der Waals surface area contributed by atoms with Crippen LogP contribution in [0.3, 0.4) is 0 Å². The van der Waals surface area contributed by atoms with Crippen LogP contribution in [0.25, 0.3) is 6.08 Å². The number of benzene rings is 3. The van der Waals surface area contributed by atoms with Crippen LogP contribution in [-0.4, -0.2) is 18.0 Å². The fourth-order valence-corrected chi connectivity index (χ4v) is 2.60. The summed E-state index contributed by atoms with van der Waals surface area (Å²) >= 11 is 0. The third kappa shape index (κ3) is 4.76. The summed E-state index contributed by atoms with van der Waals surface area (Å²) in [6, 6.07) is 21.9. The van der Waals surface area contributed by atoms with Crippen LogP contribution in [0.4, 0.5) is 0 Å². The lowest BCUT2D eigenvalue weighted by atomic mass is 10.1. The van der Waals surface area contributed by atoms with E-state index in [2.05, 4.69) is 0 Å². The molecule has 0 unspecified atom stereocenters. The molecule has 0 aliphatic rings. The minimum absolute atomic E-state index is 0.0266. The van der Waals surface area contributed by atoms with Gasteiger partial charge in [0.1, 0.15) is 12.4 Å². The molecule has 0 aliphatic heterocycles. The van der Waals surface area contributed by atoms with Crippen molar-refractivity contribution in [1.29, 1.82) is 0 Å². The number of carbonyl (C=O) groups excluding carboxylic acids is 1. The summed E-state index contributed by atoms with van der Waals surface area (Å²) in [5, 5.41) is 9.83. The largest absolute Gasteiger partial charge is 0.504 e. The topological polar surface area (TPSA) is 55.8 Å². The number of phenols is 1. The molecule has 0 heterocycles. The minimum atomic E-state index is -0.172. The summed E-state index contributed by atoms with van der Waals surface area (Å²) in [7, 11) is 1.49. The van der Waals surface area contributed by atoms with Crippen molar-refractivity contribution in [2.24, 2.45) is 0 Å². The molecule has 0 amide bonds. The molecule has 3 aromatic rings. The van der Waals surface area contributed by atoms with Crippen LogP contribution in [-0.2, 0) is 6.61 Å². The average molecular weight is 360 g/mol. The van der Waals surface area contributed by atoms with E-state index in [1.807, 2.05) is 36.4 Å². The smallest absolute Gasteiger partial charge is 0.189 e. The van der Waals surface area contributed by atoms with Crippen molar-refractivity contribution in [3.63, 3.8) is 0 Å². The van der Waals surface area contributed by atoms with Crippen molar-refractivity contribution in [3.8, 4) is 17.2 Å². The third-order valence-electron chi connectivity index (χ3n) is 4.02. The second kappa shape index (κ2) is 8.72. The molecule has 136 valence electrons. The third-order valence-corrected chi connectivity index (χ3v) is 4.02. The van der Waals surface area contributed by atoms with E-state index >= 15 is 0 Å². The number of para-hydroxylation sites is 1. The van der Waals surface area contributed by atoms with E-state index in [9.17, 15) is 9.90 Å². The van der Waals surface area contributed by atoms with Crippen LogP contribution in [0, 0.1) is 0 Å². The van der Waals surface area contributed by atoms with E-state index < -0.39 is 0 Å². The standard InChI is InChI=1S/C23H20O4/c1-26-23-14-12-17(15-21(23)25)11-13-20(24)19-9-5-6-10-22(19)27-16-18-7-3-2-4-8-18/h2-15,25H,16H2,1H3. The Kier molecular flexibility index (Phi) is 5.90. The molecule has 27 heavy (non-hydrogen) atoms. The fraction of sp³-hybridized carbons (Fsp3) is 0.0870. The number of phenolic OH excluding ortho intramolecular Hbond substituents is 1. The first-order valence-corrected chi connectivity index (χ1v) is 8.52. The van der Waals surface area contributed by atoms with Gasteiger partial charge in [0.15, 0.2) is 17.3 Å². The highest BCUT2D eigenvalue weighted by Crippen LogP contribution is 2.27. The molecule has 1 N–H and O–H groups in total. The van der Waals surface area contributed by atoms with Gasteiger partial charge in [-0.05, 0) is 41.5 Å². The van der Waals surface area contributed by atoms with Crippen molar-refractivity contribution in [2.45, 2.75) is 6.61 Å². The number of aromatic hydroxyl groups is 1. The Morgan fingerprint density at radius 3 is 2.44 bits per heavy atom. The summed E-state index contributed by atoms with van der Waals surface area (Å²) in [5.41, 5.74) is 2.22. The molecule has 0 aliphatic carbocycles. The zero-order chi connectivity index (χ0) is 19.1. The van der Waals surface area contributed by atoms with Gasteiger partial charge in [0.2, 0.25) is 0 Å². The molecule has 0 atom stereocenters. The van der Waals surface area contributed by atoms with Gasteiger partial charge in [0.05, 0.1) is 12.7 Å². The molecule has 0 saturated carbocycles. The maximum absolute atomic E-state index is 12.6. The first-order chi connectivity index (χ1) is 13.2. The molecule has 3 rings (SSSR count). The van der Waals surface area contributed by atoms with Crippen LogP contribution in [0.1, 0.15) is 21.5 Å². The number of ketones is 1. The molecule has 0 aromatic heterocycles. The second-order valence-corrected chi connectivity index (χ2v) is 5.90. The lowest BCUT2D eigenvalue weighted by Crippen LogP contribution is -2.02. The summed E-state index contributed by atoms with van der Waals surface area (Å²) in [5.74, 6) is 0.777. The SMILES string of the molecule is COc1ccc(C=CC(=O)c2ccccc2OCc2ccccc2)cc1O. The summed E-state index contributed by atoms with van der Waals surface area (Å²) in [6.45, 7) is 0.390. The summed E-state index contributed by atoms with van der Waals surface area (Å²) in [4.78, 5) is 12.6. The Bertz CT molecular complexity index is 946. The molecule has 4 nitrogen and oxygen atoms in total. The van der Waals surface area contributed by atoms with E-state index in [4.69, 9.17) is 9.47 Å². The first-order valence-electron chi connectivity index (χ1n) is 8.52. The monoisotopic (exact) mass is 360 g/mol.